The summed E-state index contributed by atoms with van der Waals surface area (Å²) in [6.45, 7) is 4.71. The SMILES string of the molecule is c1ccc2nc(N3CCC4(CCNC4)CC3)ccc2c1. The standard InChI is InChI=1S/C17H21N3/c1-2-4-15-14(3-1)5-6-16(19-15)20-11-8-17(9-12-20)7-10-18-13-17/h1-6,18H,7-13H2. The molecule has 0 radical (unpaired) electrons. The topological polar surface area (TPSA) is 28.2 Å². The van der Waals surface area contributed by atoms with Crippen LogP contribution >= 0.6 is 0 Å². The van der Waals surface area contributed by atoms with Gasteiger partial charge in [-0.3, -0.25) is 0 Å². The quantitative estimate of drug-likeness (QED) is 0.861. The van der Waals surface area contributed by atoms with E-state index in [1.54, 1.807) is 0 Å². The van der Waals surface area contributed by atoms with Crippen molar-refractivity contribution in [2.45, 2.75) is 19.3 Å². The van der Waals surface area contributed by atoms with Gasteiger partial charge in [-0.15, -0.1) is 0 Å². The lowest BCUT2D eigenvalue weighted by Crippen LogP contribution is -2.41. The fourth-order valence-electron chi connectivity index (χ4n) is 3.66. The third kappa shape index (κ3) is 2.06. The first-order valence-corrected chi connectivity index (χ1v) is 7.66. The monoisotopic (exact) mass is 267 g/mol. The van der Waals surface area contributed by atoms with Crippen LogP contribution in [0, 0.1) is 5.41 Å². The molecule has 2 aromatic rings. The van der Waals surface area contributed by atoms with E-state index in [1.807, 2.05) is 0 Å². The highest BCUT2D eigenvalue weighted by Crippen LogP contribution is 2.38. The average molecular weight is 267 g/mol. The molecule has 0 bridgehead atoms. The van der Waals surface area contributed by atoms with Crippen molar-refractivity contribution in [3.63, 3.8) is 0 Å². The van der Waals surface area contributed by atoms with Crippen molar-refractivity contribution in [3.8, 4) is 0 Å². The van der Waals surface area contributed by atoms with Crippen molar-refractivity contribution in [1.82, 2.24) is 10.3 Å². The Kier molecular flexibility index (Phi) is 2.88. The van der Waals surface area contributed by atoms with Gasteiger partial charge in [0.25, 0.3) is 0 Å². The first-order chi connectivity index (χ1) is 9.85. The number of nitrogens with one attached hydrogen (secondary N) is 1. The predicted molar refractivity (Wildman–Crippen MR) is 83.1 cm³/mol. The van der Waals surface area contributed by atoms with Crippen LogP contribution in [0.15, 0.2) is 36.4 Å². The van der Waals surface area contributed by atoms with Gasteiger partial charge >= 0.3 is 0 Å². The number of fused-ring (bicyclic) bond motifs is 1. The highest BCUT2D eigenvalue weighted by Gasteiger charge is 2.37. The minimum absolute atomic E-state index is 0.577. The number of nitrogens with zero attached hydrogens (tertiary/aromatic N) is 2. The lowest BCUT2D eigenvalue weighted by molar-refractivity contribution is 0.247. The van der Waals surface area contributed by atoms with E-state index in [2.05, 4.69) is 46.6 Å². The van der Waals surface area contributed by atoms with Gasteiger partial charge in [0.2, 0.25) is 0 Å². The van der Waals surface area contributed by atoms with Gasteiger partial charge in [-0.05, 0) is 49.4 Å². The van der Waals surface area contributed by atoms with Gasteiger partial charge in [-0.2, -0.15) is 0 Å². The summed E-state index contributed by atoms with van der Waals surface area (Å²) in [4.78, 5) is 7.28. The molecule has 2 aliphatic heterocycles. The molecule has 1 aromatic carbocycles. The van der Waals surface area contributed by atoms with Crippen molar-refractivity contribution in [1.29, 1.82) is 0 Å². The molecule has 3 heteroatoms. The molecule has 0 unspecified atom stereocenters. The predicted octanol–water partition coefficient (Wildman–Crippen LogP) is 2.81. The van der Waals surface area contributed by atoms with Crippen molar-refractivity contribution in [3.05, 3.63) is 36.4 Å². The van der Waals surface area contributed by atoms with E-state index in [4.69, 9.17) is 4.98 Å². The summed E-state index contributed by atoms with van der Waals surface area (Å²) in [7, 11) is 0. The molecular formula is C17H21N3. The molecule has 4 rings (SSSR count). The molecule has 0 aliphatic carbocycles. The van der Waals surface area contributed by atoms with Crippen LogP contribution < -0.4 is 10.2 Å². The number of anilines is 1. The van der Waals surface area contributed by atoms with E-state index in [-0.39, 0.29) is 0 Å². The molecule has 20 heavy (non-hydrogen) atoms. The van der Waals surface area contributed by atoms with Crippen molar-refractivity contribution < 1.29 is 0 Å². The zero-order valence-corrected chi connectivity index (χ0v) is 11.8. The molecule has 3 heterocycles. The van der Waals surface area contributed by atoms with Gasteiger partial charge in [-0.1, -0.05) is 18.2 Å². The molecule has 1 aromatic heterocycles. The van der Waals surface area contributed by atoms with E-state index in [1.165, 1.54) is 37.7 Å². The third-order valence-electron chi connectivity index (χ3n) is 5.06. The van der Waals surface area contributed by atoms with Crippen molar-refractivity contribution >= 4 is 16.7 Å². The summed E-state index contributed by atoms with van der Waals surface area (Å²) in [5.41, 5.74) is 1.68. The largest absolute Gasteiger partial charge is 0.357 e. The lowest BCUT2D eigenvalue weighted by atomic mass is 9.78. The Balaban J connectivity index is 1.55. The van der Waals surface area contributed by atoms with Crippen LogP contribution in [0.4, 0.5) is 5.82 Å². The van der Waals surface area contributed by atoms with Gasteiger partial charge < -0.3 is 10.2 Å². The Morgan fingerprint density at radius 3 is 2.65 bits per heavy atom. The minimum atomic E-state index is 0.577. The fraction of sp³-hybridized carbons (Fsp3) is 0.471. The lowest BCUT2D eigenvalue weighted by Gasteiger charge is -2.39. The fourth-order valence-corrected chi connectivity index (χ4v) is 3.66. The molecular weight excluding hydrogens is 246 g/mol. The summed E-state index contributed by atoms with van der Waals surface area (Å²) < 4.78 is 0. The van der Waals surface area contributed by atoms with Gasteiger partial charge in [0.1, 0.15) is 5.82 Å². The Hall–Kier alpha value is -1.61. The second-order valence-electron chi connectivity index (χ2n) is 6.28. The molecule has 2 saturated heterocycles. The van der Waals surface area contributed by atoms with Crippen LogP contribution in [-0.2, 0) is 0 Å². The highest BCUT2D eigenvalue weighted by atomic mass is 15.2. The Labute approximate surface area is 120 Å². The Morgan fingerprint density at radius 1 is 1.00 bits per heavy atom. The maximum atomic E-state index is 4.82. The Morgan fingerprint density at radius 2 is 1.85 bits per heavy atom. The molecule has 0 saturated carbocycles. The van der Waals surface area contributed by atoms with E-state index >= 15 is 0 Å². The van der Waals surface area contributed by atoms with Crippen molar-refractivity contribution in [2.75, 3.05) is 31.1 Å². The molecule has 0 amide bonds. The molecule has 1 spiro atoms. The third-order valence-corrected chi connectivity index (χ3v) is 5.06. The summed E-state index contributed by atoms with van der Waals surface area (Å²) in [5.74, 6) is 1.14. The molecule has 2 fully saturated rings. The molecule has 3 nitrogen and oxygen atoms in total. The van der Waals surface area contributed by atoms with E-state index < -0.39 is 0 Å². The molecule has 2 aliphatic rings. The number of hydrogen-bond donors (Lipinski definition) is 1. The maximum absolute atomic E-state index is 4.82. The first-order valence-electron chi connectivity index (χ1n) is 7.66. The minimum Gasteiger partial charge on any atom is -0.357 e. The van der Waals surface area contributed by atoms with Gasteiger partial charge in [0, 0.05) is 25.0 Å². The number of benzene rings is 1. The summed E-state index contributed by atoms with van der Waals surface area (Å²) in [5, 5.41) is 4.75. The maximum Gasteiger partial charge on any atom is 0.129 e. The number of aromatic nitrogens is 1. The second-order valence-corrected chi connectivity index (χ2v) is 6.28. The smallest absolute Gasteiger partial charge is 0.129 e. The number of pyridine rings is 1. The second kappa shape index (κ2) is 4.74. The average Bonchev–Trinajstić information content (AvgIpc) is 2.96. The van der Waals surface area contributed by atoms with Gasteiger partial charge in [0.15, 0.2) is 0 Å². The molecule has 1 N–H and O–H groups in total. The molecule has 104 valence electrons. The number of rotatable bonds is 1. The van der Waals surface area contributed by atoms with Crippen LogP contribution in [0.25, 0.3) is 10.9 Å². The van der Waals surface area contributed by atoms with Crippen LogP contribution in [-0.4, -0.2) is 31.2 Å². The number of para-hydroxylation sites is 1. The van der Waals surface area contributed by atoms with Gasteiger partial charge in [0.05, 0.1) is 5.52 Å². The summed E-state index contributed by atoms with van der Waals surface area (Å²) >= 11 is 0. The van der Waals surface area contributed by atoms with Gasteiger partial charge in [-0.25, -0.2) is 4.98 Å². The summed E-state index contributed by atoms with van der Waals surface area (Å²) in [6.07, 6.45) is 3.95. The molecule has 0 atom stereocenters. The Bertz CT molecular complexity index is 606. The van der Waals surface area contributed by atoms with E-state index in [0.29, 0.717) is 5.41 Å². The zero-order chi connectivity index (χ0) is 13.4. The van der Waals surface area contributed by atoms with Crippen LogP contribution in [0.1, 0.15) is 19.3 Å². The number of hydrogen-bond acceptors (Lipinski definition) is 3. The van der Waals surface area contributed by atoms with Crippen LogP contribution in [0.2, 0.25) is 0 Å². The van der Waals surface area contributed by atoms with Crippen LogP contribution in [0.3, 0.4) is 0 Å². The van der Waals surface area contributed by atoms with E-state index in [0.717, 1.165) is 24.4 Å². The van der Waals surface area contributed by atoms with Crippen LogP contribution in [0.5, 0.6) is 0 Å². The van der Waals surface area contributed by atoms with Crippen molar-refractivity contribution in [2.24, 2.45) is 5.41 Å². The summed E-state index contributed by atoms with van der Waals surface area (Å²) in [6, 6.07) is 12.7. The number of piperidine rings is 1. The normalized spacial score (nSPS) is 21.7. The van der Waals surface area contributed by atoms with E-state index in [9.17, 15) is 0 Å². The zero-order valence-electron chi connectivity index (χ0n) is 11.8. The first kappa shape index (κ1) is 12.2. The highest BCUT2D eigenvalue weighted by molar-refractivity contribution is 5.80.